The number of fused-ring (bicyclic) bond motifs is 2. The summed E-state index contributed by atoms with van der Waals surface area (Å²) >= 11 is 1.32. The second-order valence-electron chi connectivity index (χ2n) is 6.45. The SMILES string of the molecule is CC[C@@H]1c2cccn2CCN1C(=O)c1sc2ncn(C)c(=O)c2c1C. The van der Waals surface area contributed by atoms with Crippen LogP contribution in [0.1, 0.15) is 40.3 Å². The summed E-state index contributed by atoms with van der Waals surface area (Å²) < 4.78 is 3.67. The Morgan fingerprint density at radius 3 is 2.96 bits per heavy atom. The van der Waals surface area contributed by atoms with Crippen LogP contribution in [-0.2, 0) is 13.6 Å². The monoisotopic (exact) mass is 356 g/mol. The molecular weight excluding hydrogens is 336 g/mol. The van der Waals surface area contributed by atoms with Crippen LogP contribution in [0.2, 0.25) is 0 Å². The van der Waals surface area contributed by atoms with Gasteiger partial charge in [0.05, 0.1) is 22.6 Å². The van der Waals surface area contributed by atoms with Crippen LogP contribution in [-0.4, -0.2) is 31.5 Å². The normalized spacial score (nSPS) is 17.1. The number of carbonyl (C=O) groups excluding carboxylic acids is 1. The van der Waals surface area contributed by atoms with Gasteiger partial charge in [-0.3, -0.25) is 9.59 Å². The van der Waals surface area contributed by atoms with Gasteiger partial charge in [-0.1, -0.05) is 6.92 Å². The topological polar surface area (TPSA) is 60.1 Å². The molecule has 0 saturated heterocycles. The number of nitrogens with zero attached hydrogens (tertiary/aromatic N) is 4. The lowest BCUT2D eigenvalue weighted by atomic mass is 10.1. The molecule has 1 amide bonds. The van der Waals surface area contributed by atoms with Crippen molar-refractivity contribution in [2.24, 2.45) is 7.05 Å². The lowest BCUT2D eigenvalue weighted by Crippen LogP contribution is -2.41. The molecule has 0 saturated carbocycles. The molecule has 0 aromatic carbocycles. The van der Waals surface area contributed by atoms with E-state index in [1.54, 1.807) is 7.05 Å². The summed E-state index contributed by atoms with van der Waals surface area (Å²) in [4.78, 5) is 33.2. The zero-order chi connectivity index (χ0) is 17.7. The summed E-state index contributed by atoms with van der Waals surface area (Å²) in [6.07, 6.45) is 4.44. The van der Waals surface area contributed by atoms with E-state index in [2.05, 4.69) is 28.7 Å². The van der Waals surface area contributed by atoms with Crippen molar-refractivity contribution in [1.82, 2.24) is 19.0 Å². The van der Waals surface area contributed by atoms with Crippen LogP contribution in [0.15, 0.2) is 29.5 Å². The minimum atomic E-state index is -0.0997. The molecule has 3 aromatic heterocycles. The molecule has 0 radical (unpaired) electrons. The number of hydrogen-bond donors (Lipinski definition) is 0. The summed E-state index contributed by atoms with van der Waals surface area (Å²) in [5.74, 6) is 0.00172. The highest BCUT2D eigenvalue weighted by Gasteiger charge is 2.32. The van der Waals surface area contributed by atoms with Crippen molar-refractivity contribution in [3.63, 3.8) is 0 Å². The molecule has 7 heteroatoms. The molecule has 0 fully saturated rings. The van der Waals surface area contributed by atoms with Crippen LogP contribution >= 0.6 is 11.3 Å². The van der Waals surface area contributed by atoms with Crippen molar-refractivity contribution < 1.29 is 4.79 Å². The molecule has 130 valence electrons. The highest BCUT2D eigenvalue weighted by Crippen LogP contribution is 2.34. The summed E-state index contributed by atoms with van der Waals surface area (Å²) in [6.45, 7) is 5.43. The van der Waals surface area contributed by atoms with Gasteiger partial charge >= 0.3 is 0 Å². The second-order valence-corrected chi connectivity index (χ2v) is 7.45. The third kappa shape index (κ3) is 2.33. The zero-order valence-corrected chi connectivity index (χ0v) is 15.3. The number of aryl methyl sites for hydroxylation is 2. The van der Waals surface area contributed by atoms with E-state index in [1.807, 2.05) is 17.9 Å². The maximum Gasteiger partial charge on any atom is 0.264 e. The van der Waals surface area contributed by atoms with E-state index in [-0.39, 0.29) is 17.5 Å². The Hall–Kier alpha value is -2.41. The standard InChI is InChI=1S/C18H20N4O2S/c1-4-12-13-6-5-7-21(13)8-9-22(12)18(24)15-11(2)14-16(25-15)19-10-20(3)17(14)23/h5-7,10,12H,4,8-9H2,1-3H3/t12-/m1/s1. The van der Waals surface area contributed by atoms with Gasteiger partial charge in [-0.05, 0) is 31.0 Å². The lowest BCUT2D eigenvalue weighted by molar-refractivity contribution is 0.0622. The average Bonchev–Trinajstić information content (AvgIpc) is 3.21. The van der Waals surface area contributed by atoms with Gasteiger partial charge in [0.2, 0.25) is 0 Å². The Bertz CT molecular complexity index is 1030. The smallest absolute Gasteiger partial charge is 0.264 e. The fraction of sp³-hybridized carbons (Fsp3) is 0.389. The van der Waals surface area contributed by atoms with Gasteiger partial charge in [0.25, 0.3) is 11.5 Å². The Morgan fingerprint density at radius 1 is 1.40 bits per heavy atom. The van der Waals surface area contributed by atoms with Crippen molar-refractivity contribution in [2.75, 3.05) is 6.54 Å². The van der Waals surface area contributed by atoms with Gasteiger partial charge in [0.15, 0.2) is 0 Å². The predicted octanol–water partition coefficient (Wildman–Crippen LogP) is 2.71. The van der Waals surface area contributed by atoms with Gasteiger partial charge in [0, 0.05) is 32.0 Å². The van der Waals surface area contributed by atoms with Gasteiger partial charge in [0.1, 0.15) is 4.83 Å². The predicted molar refractivity (Wildman–Crippen MR) is 98.1 cm³/mol. The fourth-order valence-corrected chi connectivity index (χ4v) is 4.78. The molecule has 0 aliphatic carbocycles. The maximum atomic E-state index is 13.3. The third-order valence-electron chi connectivity index (χ3n) is 5.02. The Labute approximate surface area is 149 Å². The average molecular weight is 356 g/mol. The molecule has 4 rings (SSSR count). The van der Waals surface area contributed by atoms with Gasteiger partial charge < -0.3 is 14.0 Å². The maximum absolute atomic E-state index is 13.3. The first-order valence-electron chi connectivity index (χ1n) is 8.43. The molecular formula is C18H20N4O2S. The van der Waals surface area contributed by atoms with E-state index in [4.69, 9.17) is 0 Å². The van der Waals surface area contributed by atoms with Crippen LogP contribution in [0.4, 0.5) is 0 Å². The number of amides is 1. The summed E-state index contributed by atoms with van der Waals surface area (Å²) in [6, 6.07) is 4.18. The number of rotatable bonds is 2. The van der Waals surface area contributed by atoms with Crippen LogP contribution in [0, 0.1) is 6.92 Å². The fourth-order valence-electron chi connectivity index (χ4n) is 3.68. The molecule has 3 aromatic rings. The van der Waals surface area contributed by atoms with Crippen molar-refractivity contribution in [2.45, 2.75) is 32.9 Å². The first-order valence-corrected chi connectivity index (χ1v) is 9.25. The molecule has 0 N–H and O–H groups in total. The van der Waals surface area contributed by atoms with Gasteiger partial charge in [-0.2, -0.15) is 0 Å². The molecule has 4 heterocycles. The number of carbonyl (C=O) groups is 1. The molecule has 1 atom stereocenters. The van der Waals surface area contributed by atoms with E-state index in [0.29, 0.717) is 21.6 Å². The van der Waals surface area contributed by atoms with Crippen molar-refractivity contribution in [1.29, 1.82) is 0 Å². The van der Waals surface area contributed by atoms with Crippen LogP contribution in [0.25, 0.3) is 10.2 Å². The molecule has 25 heavy (non-hydrogen) atoms. The summed E-state index contributed by atoms with van der Waals surface area (Å²) in [5, 5.41) is 0.562. The first kappa shape index (κ1) is 16.1. The lowest BCUT2D eigenvalue weighted by Gasteiger charge is -2.36. The molecule has 0 bridgehead atoms. The van der Waals surface area contributed by atoms with E-state index in [1.165, 1.54) is 27.9 Å². The van der Waals surface area contributed by atoms with E-state index in [0.717, 1.165) is 18.5 Å². The quantitative estimate of drug-likeness (QED) is 0.709. The number of aromatic nitrogens is 3. The number of hydrogen-bond acceptors (Lipinski definition) is 4. The third-order valence-corrected chi connectivity index (χ3v) is 6.20. The van der Waals surface area contributed by atoms with E-state index >= 15 is 0 Å². The zero-order valence-electron chi connectivity index (χ0n) is 14.5. The highest BCUT2D eigenvalue weighted by atomic mass is 32.1. The molecule has 0 unspecified atom stereocenters. The second kappa shape index (κ2) is 5.84. The number of thiophene rings is 1. The summed E-state index contributed by atoms with van der Waals surface area (Å²) in [5.41, 5.74) is 1.82. The molecule has 1 aliphatic heterocycles. The molecule has 1 aliphatic rings. The Morgan fingerprint density at radius 2 is 2.20 bits per heavy atom. The Kier molecular flexibility index (Phi) is 3.76. The van der Waals surface area contributed by atoms with Crippen molar-refractivity contribution in [3.8, 4) is 0 Å². The Balaban J connectivity index is 1.79. The molecule has 0 spiro atoms. The van der Waals surface area contributed by atoms with Crippen molar-refractivity contribution in [3.05, 3.63) is 51.1 Å². The van der Waals surface area contributed by atoms with Crippen LogP contribution < -0.4 is 5.56 Å². The molecule has 6 nitrogen and oxygen atoms in total. The van der Waals surface area contributed by atoms with E-state index in [9.17, 15) is 9.59 Å². The largest absolute Gasteiger partial charge is 0.348 e. The van der Waals surface area contributed by atoms with E-state index < -0.39 is 0 Å². The first-order chi connectivity index (χ1) is 12.0. The highest BCUT2D eigenvalue weighted by molar-refractivity contribution is 7.20. The van der Waals surface area contributed by atoms with Crippen LogP contribution in [0.5, 0.6) is 0 Å². The van der Waals surface area contributed by atoms with Gasteiger partial charge in [-0.25, -0.2) is 4.98 Å². The van der Waals surface area contributed by atoms with Crippen molar-refractivity contribution >= 4 is 27.5 Å². The van der Waals surface area contributed by atoms with Crippen LogP contribution in [0.3, 0.4) is 0 Å². The minimum absolute atomic E-state index is 0.00172. The summed E-state index contributed by atoms with van der Waals surface area (Å²) in [7, 11) is 1.68. The minimum Gasteiger partial charge on any atom is -0.348 e. The van der Waals surface area contributed by atoms with Gasteiger partial charge in [-0.15, -0.1) is 11.3 Å².